The number of anilines is 1. The summed E-state index contributed by atoms with van der Waals surface area (Å²) in [6, 6.07) is 10.1. The molecule has 0 aliphatic heterocycles. The van der Waals surface area contributed by atoms with Gasteiger partial charge in [0.05, 0.1) is 16.6 Å². The van der Waals surface area contributed by atoms with Crippen molar-refractivity contribution in [2.24, 2.45) is 0 Å². The maximum absolute atomic E-state index is 15.1. The van der Waals surface area contributed by atoms with E-state index in [1.165, 1.54) is 43.7 Å². The van der Waals surface area contributed by atoms with Gasteiger partial charge < -0.3 is 10.1 Å². The van der Waals surface area contributed by atoms with Crippen molar-refractivity contribution < 1.29 is 31.1 Å². The van der Waals surface area contributed by atoms with E-state index in [-0.39, 0.29) is 33.7 Å². The lowest BCUT2D eigenvalue weighted by molar-refractivity contribution is 0.133. The predicted molar refractivity (Wildman–Crippen MR) is 152 cm³/mol. The molecule has 1 fully saturated rings. The average molecular weight is 609 g/mol. The Hall–Kier alpha value is -3.24. The first kappa shape index (κ1) is 30.7. The third-order valence-corrected chi connectivity index (χ3v) is 9.36. The summed E-state index contributed by atoms with van der Waals surface area (Å²) in [5.74, 6) is -2.46. The molecule has 0 heterocycles. The van der Waals surface area contributed by atoms with Crippen molar-refractivity contribution >= 4 is 33.4 Å². The smallest absolute Gasteiger partial charge is 0.407 e. The van der Waals surface area contributed by atoms with Gasteiger partial charge in [-0.15, -0.1) is 0 Å². The van der Waals surface area contributed by atoms with Crippen LogP contribution >= 0.6 is 11.6 Å². The summed E-state index contributed by atoms with van der Waals surface area (Å²) in [6.07, 6.45) is 6.43. The topological polar surface area (TPSA) is 75.7 Å². The van der Waals surface area contributed by atoms with Crippen LogP contribution in [0.5, 0.6) is 0 Å². The lowest BCUT2D eigenvalue weighted by Gasteiger charge is -2.32. The van der Waals surface area contributed by atoms with Crippen LogP contribution in [-0.4, -0.2) is 20.6 Å². The minimum Gasteiger partial charge on any atom is -0.445 e. The van der Waals surface area contributed by atoms with Crippen LogP contribution in [0.1, 0.15) is 69.0 Å². The lowest BCUT2D eigenvalue weighted by atomic mass is 9.97. The second-order valence-electron chi connectivity index (χ2n) is 10.1. The molecule has 1 saturated carbocycles. The Morgan fingerprint density at radius 3 is 2.24 bits per heavy atom. The lowest BCUT2D eigenvalue weighted by Crippen LogP contribution is -2.36. The van der Waals surface area contributed by atoms with Crippen LogP contribution in [0.3, 0.4) is 0 Å². The van der Waals surface area contributed by atoms with Crippen molar-refractivity contribution in [1.82, 2.24) is 5.32 Å². The number of halogens is 4. The number of nitrogens with zero attached hydrogens (tertiary/aromatic N) is 1. The van der Waals surface area contributed by atoms with Crippen LogP contribution in [-0.2, 0) is 21.4 Å². The zero-order valence-corrected chi connectivity index (χ0v) is 24.2. The summed E-state index contributed by atoms with van der Waals surface area (Å²) < 4.78 is 77.6. The standard InChI is InChI=1S/C30H32ClF3N2O4S/c1-20(36(29-18-24(33)12-16-28(29)34)41(38,39)26-13-9-22(31)10-14-26)27-15-11-23(32)17-21(27)19-40-30(37)35-25-7-5-3-2-4-6-8-25/h9-18,20,25H,2-8,19H2,1H3,(H,35,37)/t20-/m1/s1. The van der Waals surface area contributed by atoms with Gasteiger partial charge in [-0.1, -0.05) is 49.8 Å². The van der Waals surface area contributed by atoms with E-state index in [4.69, 9.17) is 16.3 Å². The fraction of sp³-hybridized carbons (Fsp3) is 0.367. The second-order valence-corrected chi connectivity index (χ2v) is 12.4. The Bertz CT molecular complexity index is 1460. The summed E-state index contributed by atoms with van der Waals surface area (Å²) >= 11 is 5.94. The van der Waals surface area contributed by atoms with Gasteiger partial charge in [0.1, 0.15) is 24.1 Å². The summed E-state index contributed by atoms with van der Waals surface area (Å²) in [5.41, 5.74) is -0.115. The Labute approximate surface area is 243 Å². The Kier molecular flexibility index (Phi) is 10.2. The number of benzene rings is 3. The monoisotopic (exact) mass is 608 g/mol. The zero-order chi connectivity index (χ0) is 29.6. The highest BCUT2D eigenvalue weighted by Gasteiger charge is 2.34. The van der Waals surface area contributed by atoms with Gasteiger partial charge in [-0.2, -0.15) is 0 Å². The summed E-state index contributed by atoms with van der Waals surface area (Å²) in [6.45, 7) is 1.10. The van der Waals surface area contributed by atoms with Gasteiger partial charge in [0.25, 0.3) is 10.0 Å². The van der Waals surface area contributed by atoms with Crippen molar-refractivity contribution in [2.75, 3.05) is 4.31 Å². The van der Waals surface area contributed by atoms with E-state index in [0.717, 1.165) is 73.2 Å². The number of amides is 1. The maximum Gasteiger partial charge on any atom is 0.407 e. The molecule has 6 nitrogen and oxygen atoms in total. The zero-order valence-electron chi connectivity index (χ0n) is 22.6. The Morgan fingerprint density at radius 2 is 1.56 bits per heavy atom. The van der Waals surface area contributed by atoms with E-state index in [1.54, 1.807) is 0 Å². The van der Waals surface area contributed by atoms with Crippen LogP contribution < -0.4 is 9.62 Å². The molecule has 0 radical (unpaired) electrons. The van der Waals surface area contributed by atoms with Gasteiger partial charge in [-0.05, 0) is 79.4 Å². The Morgan fingerprint density at radius 1 is 0.951 bits per heavy atom. The van der Waals surface area contributed by atoms with Crippen molar-refractivity contribution in [3.63, 3.8) is 0 Å². The van der Waals surface area contributed by atoms with Crippen LogP contribution in [0, 0.1) is 17.5 Å². The van der Waals surface area contributed by atoms with E-state index in [1.807, 2.05) is 0 Å². The first-order chi connectivity index (χ1) is 19.6. The molecule has 0 unspecified atom stereocenters. The number of ether oxygens (including phenoxy) is 1. The van der Waals surface area contributed by atoms with E-state index in [9.17, 15) is 22.0 Å². The number of sulfonamides is 1. The first-order valence-corrected chi connectivity index (χ1v) is 15.3. The molecule has 4 rings (SSSR count). The molecule has 1 atom stereocenters. The van der Waals surface area contributed by atoms with Gasteiger partial charge >= 0.3 is 6.09 Å². The van der Waals surface area contributed by atoms with Gasteiger partial charge in [-0.25, -0.2) is 26.4 Å². The van der Waals surface area contributed by atoms with Crippen molar-refractivity contribution in [3.05, 3.63) is 94.3 Å². The molecule has 0 spiro atoms. The normalized spacial score (nSPS) is 15.4. The van der Waals surface area contributed by atoms with Crippen LogP contribution in [0.4, 0.5) is 23.7 Å². The molecule has 3 aromatic rings. The molecule has 1 N–H and O–H groups in total. The summed E-state index contributed by atoms with van der Waals surface area (Å²) in [7, 11) is -4.49. The minimum atomic E-state index is -4.49. The molecule has 1 aliphatic rings. The number of nitrogens with one attached hydrogen (secondary N) is 1. The molecule has 11 heteroatoms. The van der Waals surface area contributed by atoms with Gasteiger partial charge in [0, 0.05) is 17.1 Å². The molecular weight excluding hydrogens is 577 g/mol. The van der Waals surface area contributed by atoms with E-state index >= 15 is 4.39 Å². The van der Waals surface area contributed by atoms with Gasteiger partial charge in [-0.3, -0.25) is 4.31 Å². The molecule has 0 saturated heterocycles. The summed E-state index contributed by atoms with van der Waals surface area (Å²) in [5, 5.41) is 3.16. The molecule has 0 aromatic heterocycles. The SMILES string of the molecule is C[C@H](c1ccc(F)cc1COC(=O)NC1CCCCCCC1)N(c1cc(F)ccc1F)S(=O)(=O)c1ccc(Cl)cc1. The number of hydrogen-bond donors (Lipinski definition) is 1. The quantitative estimate of drug-likeness (QED) is 0.281. The third-order valence-electron chi connectivity index (χ3n) is 7.21. The first-order valence-electron chi connectivity index (χ1n) is 13.5. The highest BCUT2D eigenvalue weighted by molar-refractivity contribution is 7.92. The molecule has 41 heavy (non-hydrogen) atoms. The predicted octanol–water partition coefficient (Wildman–Crippen LogP) is 8.05. The van der Waals surface area contributed by atoms with E-state index in [2.05, 4.69) is 5.32 Å². The minimum absolute atomic E-state index is 0.0235. The van der Waals surface area contributed by atoms with Gasteiger partial charge in [0.15, 0.2) is 0 Å². The molecular formula is C30H32ClF3N2O4S. The molecule has 1 aliphatic carbocycles. The fourth-order valence-corrected chi connectivity index (χ4v) is 6.87. The Balaban J connectivity index is 1.66. The number of carbonyl (C=O) groups is 1. The van der Waals surface area contributed by atoms with Crippen LogP contribution in [0.15, 0.2) is 65.6 Å². The highest BCUT2D eigenvalue weighted by Crippen LogP contribution is 2.37. The largest absolute Gasteiger partial charge is 0.445 e. The fourth-order valence-electron chi connectivity index (χ4n) is 5.11. The van der Waals surface area contributed by atoms with Crippen LogP contribution in [0.2, 0.25) is 5.02 Å². The van der Waals surface area contributed by atoms with Crippen molar-refractivity contribution in [1.29, 1.82) is 0 Å². The molecule has 1 amide bonds. The molecule has 3 aromatic carbocycles. The molecule has 220 valence electrons. The van der Waals surface area contributed by atoms with E-state index in [0.29, 0.717) is 0 Å². The average Bonchev–Trinajstić information content (AvgIpc) is 2.91. The second kappa shape index (κ2) is 13.6. The maximum atomic E-state index is 15.1. The van der Waals surface area contributed by atoms with E-state index < -0.39 is 45.3 Å². The third kappa shape index (κ3) is 7.74. The van der Waals surface area contributed by atoms with Crippen molar-refractivity contribution in [2.45, 2.75) is 75.5 Å². The number of carbonyl (C=O) groups excluding carboxylic acids is 1. The number of rotatable bonds is 8. The van der Waals surface area contributed by atoms with Crippen molar-refractivity contribution in [3.8, 4) is 0 Å². The molecule has 0 bridgehead atoms. The summed E-state index contributed by atoms with van der Waals surface area (Å²) in [4.78, 5) is 12.4. The van der Waals surface area contributed by atoms with Gasteiger partial charge in [0.2, 0.25) is 0 Å². The number of alkyl carbamates (subject to hydrolysis) is 1. The number of hydrogen-bond acceptors (Lipinski definition) is 4. The van der Waals surface area contributed by atoms with Crippen LogP contribution in [0.25, 0.3) is 0 Å². The highest BCUT2D eigenvalue weighted by atomic mass is 35.5.